The second-order valence-electron chi connectivity index (χ2n) is 5.32. The van der Waals surface area contributed by atoms with Crippen molar-refractivity contribution < 1.29 is 14.6 Å². The first-order valence-electron chi connectivity index (χ1n) is 7.49. The molecule has 0 bridgehead atoms. The van der Waals surface area contributed by atoms with Crippen LogP contribution in [-0.4, -0.2) is 30.5 Å². The van der Waals surface area contributed by atoms with E-state index in [0.29, 0.717) is 25.7 Å². The van der Waals surface area contributed by atoms with Gasteiger partial charge in [0.05, 0.1) is 19.3 Å². The first-order chi connectivity index (χ1) is 9.70. The molecule has 0 amide bonds. The molecule has 1 unspecified atom stereocenters. The normalized spacial score (nSPS) is 15.9. The monoisotopic (exact) mass is 279 g/mol. The van der Waals surface area contributed by atoms with Crippen molar-refractivity contribution in [2.45, 2.75) is 51.8 Å². The lowest BCUT2D eigenvalue weighted by molar-refractivity contribution is 0.153. The molecule has 0 aromatic heterocycles. The van der Waals surface area contributed by atoms with Crippen LogP contribution in [0.2, 0.25) is 0 Å². The fraction of sp³-hybridized carbons (Fsp3) is 0.625. The van der Waals surface area contributed by atoms with Gasteiger partial charge in [-0.05, 0) is 32.8 Å². The average molecular weight is 279 g/mol. The molecule has 4 heteroatoms. The van der Waals surface area contributed by atoms with Crippen molar-refractivity contribution in [3.8, 4) is 11.5 Å². The number of benzene rings is 1. The van der Waals surface area contributed by atoms with Gasteiger partial charge < -0.3 is 19.9 Å². The Morgan fingerprint density at radius 3 is 2.80 bits per heavy atom. The molecule has 0 aliphatic heterocycles. The molecule has 1 fully saturated rings. The number of hydrogen-bond acceptors (Lipinski definition) is 4. The van der Waals surface area contributed by atoms with Crippen LogP contribution in [0.4, 0.5) is 0 Å². The Balaban J connectivity index is 2.04. The van der Waals surface area contributed by atoms with Crippen LogP contribution in [0, 0.1) is 0 Å². The SMILES string of the molecule is CCOc1cccc(CNC2CC2)c1OCCC(C)O. The minimum Gasteiger partial charge on any atom is -0.490 e. The lowest BCUT2D eigenvalue weighted by Gasteiger charge is -2.16. The van der Waals surface area contributed by atoms with Crippen LogP contribution >= 0.6 is 0 Å². The standard InChI is InChI=1S/C16H25NO3/c1-3-19-15-6-4-5-13(11-17-14-7-8-14)16(15)20-10-9-12(2)18/h4-6,12,14,17-18H,3,7-11H2,1-2H3. The maximum Gasteiger partial charge on any atom is 0.165 e. The highest BCUT2D eigenvalue weighted by Crippen LogP contribution is 2.32. The zero-order valence-corrected chi connectivity index (χ0v) is 12.4. The third kappa shape index (κ3) is 4.69. The van der Waals surface area contributed by atoms with Gasteiger partial charge in [0, 0.05) is 24.6 Å². The maximum absolute atomic E-state index is 9.33. The Kier molecular flexibility index (Phi) is 5.68. The van der Waals surface area contributed by atoms with Crippen molar-refractivity contribution in [1.82, 2.24) is 5.32 Å². The minimum atomic E-state index is -0.345. The van der Waals surface area contributed by atoms with E-state index in [1.54, 1.807) is 6.92 Å². The number of ether oxygens (including phenoxy) is 2. The van der Waals surface area contributed by atoms with Crippen LogP contribution in [-0.2, 0) is 6.54 Å². The third-order valence-corrected chi connectivity index (χ3v) is 3.30. The fourth-order valence-corrected chi connectivity index (χ4v) is 2.01. The van der Waals surface area contributed by atoms with Crippen molar-refractivity contribution in [3.05, 3.63) is 23.8 Å². The second-order valence-corrected chi connectivity index (χ2v) is 5.32. The van der Waals surface area contributed by atoms with Crippen molar-refractivity contribution in [3.63, 3.8) is 0 Å². The summed E-state index contributed by atoms with van der Waals surface area (Å²) in [4.78, 5) is 0. The molecule has 1 aromatic carbocycles. The highest BCUT2D eigenvalue weighted by Gasteiger charge is 2.21. The summed E-state index contributed by atoms with van der Waals surface area (Å²) in [7, 11) is 0. The summed E-state index contributed by atoms with van der Waals surface area (Å²) in [5.74, 6) is 1.59. The summed E-state index contributed by atoms with van der Waals surface area (Å²) in [5.41, 5.74) is 1.12. The Morgan fingerprint density at radius 1 is 1.35 bits per heavy atom. The van der Waals surface area contributed by atoms with Crippen LogP contribution in [0.3, 0.4) is 0 Å². The van der Waals surface area contributed by atoms with E-state index >= 15 is 0 Å². The summed E-state index contributed by atoms with van der Waals surface area (Å²) in [6, 6.07) is 6.66. The van der Waals surface area contributed by atoms with E-state index in [1.807, 2.05) is 19.1 Å². The third-order valence-electron chi connectivity index (χ3n) is 3.30. The molecule has 112 valence electrons. The van der Waals surface area contributed by atoms with Gasteiger partial charge in [-0.3, -0.25) is 0 Å². The highest BCUT2D eigenvalue weighted by atomic mass is 16.5. The van der Waals surface area contributed by atoms with Gasteiger partial charge in [-0.15, -0.1) is 0 Å². The molecule has 1 aliphatic carbocycles. The Hall–Kier alpha value is -1.26. The van der Waals surface area contributed by atoms with E-state index in [-0.39, 0.29) is 6.10 Å². The van der Waals surface area contributed by atoms with Gasteiger partial charge >= 0.3 is 0 Å². The predicted molar refractivity (Wildman–Crippen MR) is 79.3 cm³/mol. The lowest BCUT2D eigenvalue weighted by Crippen LogP contribution is -2.17. The van der Waals surface area contributed by atoms with E-state index in [0.717, 1.165) is 23.6 Å². The number of nitrogens with one attached hydrogen (secondary N) is 1. The zero-order valence-electron chi connectivity index (χ0n) is 12.4. The van der Waals surface area contributed by atoms with Gasteiger partial charge in [-0.2, -0.15) is 0 Å². The van der Waals surface area contributed by atoms with Crippen molar-refractivity contribution >= 4 is 0 Å². The smallest absolute Gasteiger partial charge is 0.165 e. The Morgan fingerprint density at radius 2 is 2.15 bits per heavy atom. The van der Waals surface area contributed by atoms with E-state index in [2.05, 4.69) is 11.4 Å². The van der Waals surface area contributed by atoms with Gasteiger partial charge in [0.25, 0.3) is 0 Å². The van der Waals surface area contributed by atoms with Crippen LogP contribution in [0.25, 0.3) is 0 Å². The number of rotatable bonds is 9. The second kappa shape index (κ2) is 7.50. The first-order valence-corrected chi connectivity index (χ1v) is 7.49. The van der Waals surface area contributed by atoms with E-state index in [4.69, 9.17) is 9.47 Å². The Labute approximate surface area is 121 Å². The van der Waals surface area contributed by atoms with E-state index in [9.17, 15) is 5.11 Å². The van der Waals surface area contributed by atoms with Gasteiger partial charge in [-0.1, -0.05) is 12.1 Å². The molecule has 1 saturated carbocycles. The number of para-hydroxylation sites is 1. The van der Waals surface area contributed by atoms with Gasteiger partial charge in [0.15, 0.2) is 11.5 Å². The molecular weight excluding hydrogens is 254 g/mol. The molecule has 0 heterocycles. The topological polar surface area (TPSA) is 50.7 Å². The Bertz CT molecular complexity index is 416. The fourth-order valence-electron chi connectivity index (χ4n) is 2.01. The minimum absolute atomic E-state index is 0.345. The van der Waals surface area contributed by atoms with Gasteiger partial charge in [0.2, 0.25) is 0 Å². The van der Waals surface area contributed by atoms with E-state index in [1.165, 1.54) is 12.8 Å². The largest absolute Gasteiger partial charge is 0.490 e. The van der Waals surface area contributed by atoms with Crippen molar-refractivity contribution in [2.75, 3.05) is 13.2 Å². The first kappa shape index (κ1) is 15.1. The molecule has 4 nitrogen and oxygen atoms in total. The lowest BCUT2D eigenvalue weighted by atomic mass is 10.1. The number of hydrogen-bond donors (Lipinski definition) is 2. The van der Waals surface area contributed by atoms with Crippen LogP contribution < -0.4 is 14.8 Å². The number of aliphatic hydroxyl groups is 1. The van der Waals surface area contributed by atoms with E-state index < -0.39 is 0 Å². The van der Waals surface area contributed by atoms with Gasteiger partial charge in [-0.25, -0.2) is 0 Å². The highest BCUT2D eigenvalue weighted by molar-refractivity contribution is 5.46. The van der Waals surface area contributed by atoms with Crippen molar-refractivity contribution in [1.29, 1.82) is 0 Å². The summed E-state index contributed by atoms with van der Waals surface area (Å²) in [5, 5.41) is 12.8. The summed E-state index contributed by atoms with van der Waals surface area (Å²) >= 11 is 0. The summed E-state index contributed by atoms with van der Waals surface area (Å²) in [6.45, 7) is 5.65. The molecule has 1 aliphatic rings. The quantitative estimate of drug-likeness (QED) is 0.729. The van der Waals surface area contributed by atoms with Crippen molar-refractivity contribution in [2.24, 2.45) is 0 Å². The summed E-state index contributed by atoms with van der Waals surface area (Å²) in [6.07, 6.45) is 2.81. The molecule has 0 radical (unpaired) electrons. The van der Waals surface area contributed by atoms with Crippen LogP contribution in [0.5, 0.6) is 11.5 Å². The molecular formula is C16H25NO3. The molecule has 0 saturated heterocycles. The molecule has 1 aromatic rings. The zero-order chi connectivity index (χ0) is 14.4. The molecule has 2 N–H and O–H groups in total. The number of aliphatic hydroxyl groups excluding tert-OH is 1. The van der Waals surface area contributed by atoms with Crippen LogP contribution in [0.15, 0.2) is 18.2 Å². The maximum atomic E-state index is 9.33. The predicted octanol–water partition coefficient (Wildman–Crippen LogP) is 2.49. The molecule has 0 spiro atoms. The molecule has 2 rings (SSSR count). The molecule has 20 heavy (non-hydrogen) atoms. The van der Waals surface area contributed by atoms with Gasteiger partial charge in [0.1, 0.15) is 0 Å². The molecule has 1 atom stereocenters. The summed E-state index contributed by atoms with van der Waals surface area (Å²) < 4.78 is 11.5. The van der Waals surface area contributed by atoms with Crippen LogP contribution in [0.1, 0.15) is 38.7 Å². The average Bonchev–Trinajstić information content (AvgIpc) is 3.22.